The number of hydrogen-bond donors (Lipinski definition) is 2. The minimum Gasteiger partial charge on any atom is -0.496 e. The lowest BCUT2D eigenvalue weighted by Crippen LogP contribution is -2.28. The van der Waals surface area contributed by atoms with Crippen molar-refractivity contribution in [1.29, 1.82) is 5.26 Å². The van der Waals surface area contributed by atoms with Gasteiger partial charge in [0.25, 0.3) is 0 Å². The summed E-state index contributed by atoms with van der Waals surface area (Å²) in [5.74, 6) is -0.335. The van der Waals surface area contributed by atoms with E-state index in [4.69, 9.17) is 10.5 Å². The second-order valence-electron chi connectivity index (χ2n) is 7.23. The number of benzene rings is 3. The summed E-state index contributed by atoms with van der Waals surface area (Å²) in [5, 5.41) is 14.8. The average molecular weight is 383 g/mol. The first kappa shape index (κ1) is 18.6. The Bertz CT molecular complexity index is 1230. The molecule has 4 rings (SSSR count). The molecule has 1 atom stereocenters. The van der Waals surface area contributed by atoms with Crippen LogP contribution in [0.2, 0.25) is 0 Å². The quantitative estimate of drug-likeness (QED) is 0.704. The van der Waals surface area contributed by atoms with Crippen LogP contribution < -0.4 is 15.8 Å². The molecular weight excluding hydrogens is 362 g/mol. The van der Waals surface area contributed by atoms with Gasteiger partial charge in [-0.3, -0.25) is 4.79 Å². The Morgan fingerprint density at radius 2 is 1.93 bits per heavy atom. The van der Waals surface area contributed by atoms with Crippen LogP contribution in [0.3, 0.4) is 0 Å². The highest BCUT2D eigenvalue weighted by atomic mass is 16.5. The number of carbonyl (C=O) groups is 1. The minimum atomic E-state index is -0.484. The lowest BCUT2D eigenvalue weighted by Gasteiger charge is -2.33. The van der Waals surface area contributed by atoms with Crippen LogP contribution in [0.5, 0.6) is 5.75 Å². The van der Waals surface area contributed by atoms with Crippen molar-refractivity contribution in [3.8, 4) is 11.8 Å². The maximum absolute atomic E-state index is 12.5. The lowest BCUT2D eigenvalue weighted by molar-refractivity contribution is -0.114. The van der Waals surface area contributed by atoms with Gasteiger partial charge in [0.2, 0.25) is 5.91 Å². The van der Waals surface area contributed by atoms with Gasteiger partial charge in [-0.2, -0.15) is 5.26 Å². The smallest absolute Gasteiger partial charge is 0.247 e. The summed E-state index contributed by atoms with van der Waals surface area (Å²) in [5.41, 5.74) is 11.4. The Hall–Kier alpha value is -3.78. The van der Waals surface area contributed by atoms with E-state index >= 15 is 0 Å². The van der Waals surface area contributed by atoms with Gasteiger partial charge in [-0.05, 0) is 53.9 Å². The topological polar surface area (TPSA) is 88.1 Å². The first-order valence-corrected chi connectivity index (χ1v) is 9.34. The third-order valence-electron chi connectivity index (χ3n) is 5.52. The van der Waals surface area contributed by atoms with Gasteiger partial charge in [0, 0.05) is 28.4 Å². The lowest BCUT2D eigenvalue weighted by atomic mass is 9.77. The number of nitrogens with zero attached hydrogens (tertiary/aromatic N) is 1. The van der Waals surface area contributed by atoms with Gasteiger partial charge in [0.1, 0.15) is 5.75 Å². The number of fused-ring (bicyclic) bond motifs is 3. The fourth-order valence-electron chi connectivity index (χ4n) is 4.26. The van der Waals surface area contributed by atoms with Crippen LogP contribution in [0.15, 0.2) is 59.8 Å². The van der Waals surface area contributed by atoms with Crippen molar-refractivity contribution < 1.29 is 9.53 Å². The predicted octanol–water partition coefficient (Wildman–Crippen LogP) is 4.35. The number of carbonyl (C=O) groups excluding carboxylic acids is 1. The molecule has 0 spiro atoms. The number of ether oxygens (including phenoxy) is 1. The zero-order valence-electron chi connectivity index (χ0n) is 16.5. The number of amides is 1. The molecule has 3 aromatic carbocycles. The Morgan fingerprint density at radius 3 is 2.62 bits per heavy atom. The summed E-state index contributed by atoms with van der Waals surface area (Å²) in [6, 6.07) is 17.7. The standard InChI is InChI=1S/C24H21N3O2/c1-13-10-16-6-4-5-7-17(16)22-21(20(24(26)28)14(2)27-23(13)22)18-9-8-15(12-25)11-19(18)29-3/h4-11,21,27H,1-3H3,(H2,26,28). The molecule has 29 heavy (non-hydrogen) atoms. The van der Waals surface area contributed by atoms with E-state index in [0.29, 0.717) is 16.9 Å². The van der Waals surface area contributed by atoms with Gasteiger partial charge >= 0.3 is 0 Å². The van der Waals surface area contributed by atoms with Crippen molar-refractivity contribution in [2.45, 2.75) is 19.8 Å². The third-order valence-corrected chi connectivity index (χ3v) is 5.52. The Balaban J connectivity index is 2.12. The molecule has 1 aliphatic rings. The van der Waals surface area contributed by atoms with Crippen molar-refractivity contribution >= 4 is 22.4 Å². The van der Waals surface area contributed by atoms with Gasteiger partial charge in [-0.25, -0.2) is 0 Å². The second kappa shape index (κ2) is 6.99. The van der Waals surface area contributed by atoms with Gasteiger partial charge in [0.15, 0.2) is 0 Å². The van der Waals surface area contributed by atoms with Crippen molar-refractivity contribution in [2.75, 3.05) is 12.4 Å². The maximum atomic E-state index is 12.5. The molecule has 0 bridgehead atoms. The predicted molar refractivity (Wildman–Crippen MR) is 114 cm³/mol. The van der Waals surface area contributed by atoms with Crippen molar-refractivity contribution in [2.24, 2.45) is 5.73 Å². The van der Waals surface area contributed by atoms with Crippen LogP contribution >= 0.6 is 0 Å². The Morgan fingerprint density at radius 1 is 1.17 bits per heavy atom. The molecule has 1 unspecified atom stereocenters. The first-order valence-electron chi connectivity index (χ1n) is 9.34. The molecule has 1 amide bonds. The SMILES string of the molecule is COc1cc(C#N)ccc1C1C(C(N)=O)=C(C)Nc2c(C)cc3ccccc3c21. The number of hydrogen-bond acceptors (Lipinski definition) is 4. The number of allylic oxidation sites excluding steroid dienone is 1. The van der Waals surface area contributed by atoms with Gasteiger partial charge in [-0.1, -0.05) is 30.3 Å². The molecule has 0 radical (unpaired) electrons. The molecule has 1 aliphatic heterocycles. The molecule has 5 nitrogen and oxygen atoms in total. The van der Waals surface area contributed by atoms with E-state index in [1.165, 1.54) is 0 Å². The van der Waals surface area contributed by atoms with Crippen molar-refractivity contribution in [3.63, 3.8) is 0 Å². The van der Waals surface area contributed by atoms with Gasteiger partial charge in [0.05, 0.1) is 18.7 Å². The van der Waals surface area contributed by atoms with E-state index in [2.05, 4.69) is 29.6 Å². The molecule has 0 saturated carbocycles. The van der Waals surface area contributed by atoms with E-state index in [9.17, 15) is 10.1 Å². The molecule has 144 valence electrons. The first-order chi connectivity index (χ1) is 14.0. The molecule has 3 N–H and O–H groups in total. The Kier molecular flexibility index (Phi) is 4.48. The number of primary amides is 1. The number of methoxy groups -OCH3 is 1. The molecular formula is C24H21N3O2. The molecule has 3 aromatic rings. The van der Waals surface area contributed by atoms with Crippen molar-refractivity contribution in [3.05, 3.63) is 82.1 Å². The van der Waals surface area contributed by atoms with Gasteiger partial charge < -0.3 is 15.8 Å². The summed E-state index contributed by atoms with van der Waals surface area (Å²) in [6.07, 6.45) is 0. The maximum Gasteiger partial charge on any atom is 0.247 e. The van der Waals surface area contributed by atoms with Crippen LogP contribution in [0, 0.1) is 18.3 Å². The zero-order valence-corrected chi connectivity index (χ0v) is 16.5. The summed E-state index contributed by atoms with van der Waals surface area (Å²) >= 11 is 0. The monoisotopic (exact) mass is 383 g/mol. The van der Waals surface area contributed by atoms with Crippen LogP contribution in [-0.2, 0) is 4.79 Å². The van der Waals surface area contributed by atoms with Crippen LogP contribution in [0.4, 0.5) is 5.69 Å². The van der Waals surface area contributed by atoms with Crippen LogP contribution in [-0.4, -0.2) is 13.0 Å². The van der Waals surface area contributed by atoms with E-state index in [1.807, 2.05) is 32.0 Å². The van der Waals surface area contributed by atoms with E-state index < -0.39 is 11.8 Å². The Labute approximate surface area is 169 Å². The highest BCUT2D eigenvalue weighted by Gasteiger charge is 2.35. The fraction of sp³-hybridized carbons (Fsp3) is 0.167. The number of aryl methyl sites for hydroxylation is 1. The number of nitrogens with two attached hydrogens (primary N) is 1. The van der Waals surface area contributed by atoms with Crippen LogP contribution in [0.1, 0.15) is 35.1 Å². The molecule has 1 heterocycles. The molecule has 0 aliphatic carbocycles. The number of anilines is 1. The summed E-state index contributed by atoms with van der Waals surface area (Å²) in [6.45, 7) is 3.91. The van der Waals surface area contributed by atoms with E-state index in [-0.39, 0.29) is 0 Å². The largest absolute Gasteiger partial charge is 0.496 e. The number of nitrogens with one attached hydrogen (secondary N) is 1. The number of nitriles is 1. The molecule has 0 fully saturated rings. The molecule has 5 heteroatoms. The highest BCUT2D eigenvalue weighted by Crippen LogP contribution is 2.48. The van der Waals surface area contributed by atoms with Crippen molar-refractivity contribution in [1.82, 2.24) is 0 Å². The third kappa shape index (κ3) is 2.90. The van der Waals surface area contributed by atoms with E-state index in [0.717, 1.165) is 38.8 Å². The summed E-state index contributed by atoms with van der Waals surface area (Å²) in [4.78, 5) is 12.5. The molecule has 0 aromatic heterocycles. The fourth-order valence-corrected chi connectivity index (χ4v) is 4.26. The normalized spacial score (nSPS) is 15.4. The van der Waals surface area contributed by atoms with Gasteiger partial charge in [-0.15, -0.1) is 0 Å². The second-order valence-corrected chi connectivity index (χ2v) is 7.23. The average Bonchev–Trinajstić information content (AvgIpc) is 2.72. The summed E-state index contributed by atoms with van der Waals surface area (Å²) < 4.78 is 5.62. The summed E-state index contributed by atoms with van der Waals surface area (Å²) in [7, 11) is 1.57. The highest BCUT2D eigenvalue weighted by molar-refractivity contribution is 6.02. The molecule has 0 saturated heterocycles. The number of rotatable bonds is 3. The van der Waals surface area contributed by atoms with Crippen LogP contribution in [0.25, 0.3) is 10.8 Å². The zero-order chi connectivity index (χ0) is 20.7. The van der Waals surface area contributed by atoms with E-state index in [1.54, 1.807) is 19.2 Å². The minimum absolute atomic E-state index is 0.406.